The summed E-state index contributed by atoms with van der Waals surface area (Å²) in [6, 6.07) is 16.5. The van der Waals surface area contributed by atoms with Crippen LogP contribution in [0, 0.1) is 0 Å². The fourth-order valence-corrected chi connectivity index (χ4v) is 3.86. The summed E-state index contributed by atoms with van der Waals surface area (Å²) in [7, 11) is 0. The van der Waals surface area contributed by atoms with E-state index in [-0.39, 0.29) is 17.6 Å². The molecule has 0 fully saturated rings. The van der Waals surface area contributed by atoms with Crippen LogP contribution in [0.25, 0.3) is 0 Å². The van der Waals surface area contributed by atoms with Crippen molar-refractivity contribution in [2.24, 2.45) is 0 Å². The molecule has 144 valence electrons. The minimum atomic E-state index is -0.175. The SMILES string of the molecule is CCNC(=O)c1cccc(NC(=O)CSc2nnc(Nc3ccccc3)s2)c1. The molecule has 0 aliphatic rings. The maximum Gasteiger partial charge on any atom is 0.251 e. The summed E-state index contributed by atoms with van der Waals surface area (Å²) in [4.78, 5) is 24.1. The van der Waals surface area contributed by atoms with E-state index in [9.17, 15) is 9.59 Å². The molecule has 3 rings (SSSR count). The molecule has 1 aromatic heterocycles. The summed E-state index contributed by atoms with van der Waals surface area (Å²) in [5, 5.41) is 17.5. The number of thioether (sulfide) groups is 1. The number of benzene rings is 2. The molecule has 2 aromatic carbocycles. The van der Waals surface area contributed by atoms with Crippen molar-refractivity contribution in [1.29, 1.82) is 0 Å². The van der Waals surface area contributed by atoms with Crippen LogP contribution in [0.5, 0.6) is 0 Å². The summed E-state index contributed by atoms with van der Waals surface area (Å²) in [6.45, 7) is 2.41. The van der Waals surface area contributed by atoms with E-state index < -0.39 is 0 Å². The first-order chi connectivity index (χ1) is 13.6. The van der Waals surface area contributed by atoms with Crippen molar-refractivity contribution in [2.75, 3.05) is 22.9 Å². The monoisotopic (exact) mass is 413 g/mol. The van der Waals surface area contributed by atoms with Crippen LogP contribution in [-0.2, 0) is 4.79 Å². The van der Waals surface area contributed by atoms with E-state index in [0.717, 1.165) is 5.69 Å². The van der Waals surface area contributed by atoms with Gasteiger partial charge in [-0.05, 0) is 37.3 Å². The van der Waals surface area contributed by atoms with Gasteiger partial charge in [0, 0.05) is 23.5 Å². The molecule has 3 aromatic rings. The Balaban J connectivity index is 1.51. The number of anilines is 3. The Morgan fingerprint density at radius 3 is 2.61 bits per heavy atom. The van der Waals surface area contributed by atoms with Crippen molar-refractivity contribution < 1.29 is 9.59 Å². The van der Waals surface area contributed by atoms with E-state index >= 15 is 0 Å². The third-order valence-electron chi connectivity index (χ3n) is 3.50. The first-order valence-electron chi connectivity index (χ1n) is 8.60. The number of rotatable bonds is 8. The van der Waals surface area contributed by atoms with Crippen LogP contribution in [0.4, 0.5) is 16.5 Å². The van der Waals surface area contributed by atoms with E-state index in [0.29, 0.717) is 27.3 Å². The summed E-state index contributed by atoms with van der Waals surface area (Å²) in [6.07, 6.45) is 0. The zero-order chi connectivity index (χ0) is 19.8. The van der Waals surface area contributed by atoms with Crippen molar-refractivity contribution >= 4 is 51.4 Å². The molecule has 0 atom stereocenters. The number of para-hydroxylation sites is 1. The number of nitrogens with zero attached hydrogens (tertiary/aromatic N) is 2. The molecule has 0 aliphatic heterocycles. The van der Waals surface area contributed by atoms with Crippen molar-refractivity contribution in [3.8, 4) is 0 Å². The van der Waals surface area contributed by atoms with Gasteiger partial charge in [-0.1, -0.05) is 47.4 Å². The van der Waals surface area contributed by atoms with Crippen LogP contribution in [0.2, 0.25) is 0 Å². The fourth-order valence-electron chi connectivity index (χ4n) is 2.29. The Labute approximate surface area is 171 Å². The minimum Gasteiger partial charge on any atom is -0.352 e. The lowest BCUT2D eigenvalue weighted by Gasteiger charge is -2.07. The zero-order valence-corrected chi connectivity index (χ0v) is 16.8. The quantitative estimate of drug-likeness (QED) is 0.487. The third kappa shape index (κ3) is 5.80. The lowest BCUT2D eigenvalue weighted by molar-refractivity contribution is -0.113. The third-order valence-corrected chi connectivity index (χ3v) is 5.48. The predicted octanol–water partition coefficient (Wildman–Crippen LogP) is 3.76. The second-order valence-electron chi connectivity index (χ2n) is 5.64. The molecule has 0 aliphatic carbocycles. The van der Waals surface area contributed by atoms with E-state index in [1.807, 2.05) is 37.3 Å². The maximum absolute atomic E-state index is 12.2. The number of nitrogens with one attached hydrogen (secondary N) is 3. The zero-order valence-electron chi connectivity index (χ0n) is 15.1. The number of carbonyl (C=O) groups is 2. The number of aromatic nitrogens is 2. The van der Waals surface area contributed by atoms with E-state index in [2.05, 4.69) is 26.1 Å². The number of carbonyl (C=O) groups excluding carboxylic acids is 2. The van der Waals surface area contributed by atoms with Gasteiger partial charge in [-0.2, -0.15) is 0 Å². The molecule has 0 unspecified atom stereocenters. The predicted molar refractivity (Wildman–Crippen MR) is 113 cm³/mol. The topological polar surface area (TPSA) is 96.0 Å². The van der Waals surface area contributed by atoms with Crippen molar-refractivity contribution in [3.63, 3.8) is 0 Å². The van der Waals surface area contributed by atoms with Crippen LogP contribution in [-0.4, -0.2) is 34.3 Å². The van der Waals surface area contributed by atoms with Gasteiger partial charge in [0.05, 0.1) is 5.75 Å². The van der Waals surface area contributed by atoms with Crippen molar-refractivity contribution in [1.82, 2.24) is 15.5 Å². The highest BCUT2D eigenvalue weighted by atomic mass is 32.2. The largest absolute Gasteiger partial charge is 0.352 e. The van der Waals surface area contributed by atoms with Crippen LogP contribution in [0.15, 0.2) is 58.9 Å². The molecule has 1 heterocycles. The van der Waals surface area contributed by atoms with Gasteiger partial charge in [0.25, 0.3) is 5.91 Å². The molecular weight excluding hydrogens is 394 g/mol. The van der Waals surface area contributed by atoms with Gasteiger partial charge in [0.1, 0.15) is 0 Å². The van der Waals surface area contributed by atoms with Crippen LogP contribution < -0.4 is 16.0 Å². The molecule has 0 bridgehead atoms. The average Bonchev–Trinajstić information content (AvgIpc) is 3.15. The van der Waals surface area contributed by atoms with Gasteiger partial charge in [-0.25, -0.2) is 0 Å². The Kier molecular flexibility index (Phi) is 6.99. The highest BCUT2D eigenvalue weighted by Gasteiger charge is 2.10. The fraction of sp³-hybridized carbons (Fsp3) is 0.158. The average molecular weight is 414 g/mol. The summed E-state index contributed by atoms with van der Waals surface area (Å²) >= 11 is 2.70. The first-order valence-corrected chi connectivity index (χ1v) is 10.4. The van der Waals surface area contributed by atoms with Crippen LogP contribution >= 0.6 is 23.1 Å². The molecule has 2 amide bonds. The minimum absolute atomic E-state index is 0.166. The van der Waals surface area contributed by atoms with E-state index in [1.54, 1.807) is 24.3 Å². The Morgan fingerprint density at radius 2 is 1.82 bits per heavy atom. The Morgan fingerprint density at radius 1 is 1.04 bits per heavy atom. The van der Waals surface area contributed by atoms with Crippen molar-refractivity contribution in [3.05, 3.63) is 60.2 Å². The molecule has 7 nitrogen and oxygen atoms in total. The number of hydrogen-bond donors (Lipinski definition) is 3. The van der Waals surface area contributed by atoms with Gasteiger partial charge in [0.2, 0.25) is 11.0 Å². The lowest BCUT2D eigenvalue weighted by atomic mass is 10.2. The highest BCUT2D eigenvalue weighted by molar-refractivity contribution is 8.01. The van der Waals surface area contributed by atoms with Crippen molar-refractivity contribution in [2.45, 2.75) is 11.3 Å². The summed E-state index contributed by atoms with van der Waals surface area (Å²) in [5.41, 5.74) is 2.02. The van der Waals surface area contributed by atoms with E-state index in [4.69, 9.17) is 0 Å². The van der Waals surface area contributed by atoms with Gasteiger partial charge in [0.15, 0.2) is 4.34 Å². The second-order valence-corrected chi connectivity index (χ2v) is 7.84. The molecule has 9 heteroatoms. The summed E-state index contributed by atoms with van der Waals surface area (Å²) < 4.78 is 0.699. The molecule has 0 saturated heterocycles. The smallest absolute Gasteiger partial charge is 0.251 e. The van der Waals surface area contributed by atoms with Gasteiger partial charge in [-0.3, -0.25) is 9.59 Å². The molecule has 0 saturated carbocycles. The Hall–Kier alpha value is -2.91. The Bertz CT molecular complexity index is 946. The lowest BCUT2D eigenvalue weighted by Crippen LogP contribution is -2.23. The molecular formula is C19H19N5O2S2. The molecule has 0 radical (unpaired) electrons. The normalized spacial score (nSPS) is 10.3. The number of amides is 2. The highest BCUT2D eigenvalue weighted by Crippen LogP contribution is 2.27. The van der Waals surface area contributed by atoms with Gasteiger partial charge in [-0.15, -0.1) is 10.2 Å². The molecule has 0 spiro atoms. The van der Waals surface area contributed by atoms with E-state index in [1.165, 1.54) is 23.1 Å². The second kappa shape index (κ2) is 9.86. The van der Waals surface area contributed by atoms with Gasteiger partial charge < -0.3 is 16.0 Å². The summed E-state index contributed by atoms with van der Waals surface area (Å²) in [5.74, 6) is -0.142. The number of hydrogen-bond acceptors (Lipinski definition) is 7. The molecule has 28 heavy (non-hydrogen) atoms. The molecule has 3 N–H and O–H groups in total. The van der Waals surface area contributed by atoms with Gasteiger partial charge >= 0.3 is 0 Å². The van der Waals surface area contributed by atoms with Crippen LogP contribution in [0.1, 0.15) is 17.3 Å². The maximum atomic E-state index is 12.2. The van der Waals surface area contributed by atoms with Crippen LogP contribution in [0.3, 0.4) is 0 Å². The first kappa shape index (κ1) is 19.8. The standard InChI is InChI=1S/C19H19N5O2S2/c1-2-20-17(26)13-7-6-10-15(11-13)21-16(25)12-27-19-24-23-18(28-19)22-14-8-4-3-5-9-14/h3-11H,2,12H2,1H3,(H,20,26)(H,21,25)(H,22,23).